The maximum absolute atomic E-state index is 11.1. The molecule has 1 aliphatic carbocycles. The Bertz CT molecular complexity index is 242. The first kappa shape index (κ1) is 7.41. The molecular formula is C8H10N2O2. The van der Waals surface area contributed by atoms with Crippen LogP contribution in [0.5, 0.6) is 0 Å². The van der Waals surface area contributed by atoms with Crippen molar-refractivity contribution in [1.82, 2.24) is 4.90 Å². The summed E-state index contributed by atoms with van der Waals surface area (Å²) in [6, 6.07) is 2.41. The zero-order valence-corrected chi connectivity index (χ0v) is 6.69. The Labute approximate surface area is 70.7 Å². The number of hydrogen-bond donors (Lipinski definition) is 0. The van der Waals surface area contributed by atoms with E-state index in [0.717, 1.165) is 12.8 Å². The van der Waals surface area contributed by atoms with Crippen LogP contribution in [0.3, 0.4) is 0 Å². The molecule has 2 fully saturated rings. The molecule has 0 radical (unpaired) electrons. The van der Waals surface area contributed by atoms with Crippen LogP contribution in [0.25, 0.3) is 0 Å². The number of hydrogen-bond acceptors (Lipinski definition) is 3. The fourth-order valence-electron chi connectivity index (χ4n) is 1.43. The Morgan fingerprint density at radius 2 is 2.42 bits per heavy atom. The first-order chi connectivity index (χ1) is 5.81. The van der Waals surface area contributed by atoms with E-state index in [-0.39, 0.29) is 12.2 Å². The van der Waals surface area contributed by atoms with Gasteiger partial charge < -0.3 is 9.64 Å². The van der Waals surface area contributed by atoms with E-state index in [1.165, 1.54) is 0 Å². The van der Waals surface area contributed by atoms with Gasteiger partial charge in [-0.1, -0.05) is 0 Å². The molecule has 0 aromatic rings. The maximum Gasteiger partial charge on any atom is 0.410 e. The molecule has 1 saturated heterocycles. The van der Waals surface area contributed by atoms with Crippen molar-refractivity contribution in [2.45, 2.75) is 31.4 Å². The van der Waals surface area contributed by atoms with E-state index < -0.39 is 0 Å². The van der Waals surface area contributed by atoms with Crippen LogP contribution >= 0.6 is 0 Å². The highest BCUT2D eigenvalue weighted by Gasteiger charge is 2.40. The third-order valence-electron chi connectivity index (χ3n) is 2.21. The van der Waals surface area contributed by atoms with Crippen molar-refractivity contribution in [2.24, 2.45) is 0 Å². The molecule has 64 valence electrons. The number of nitriles is 1. The van der Waals surface area contributed by atoms with Crippen LogP contribution in [-0.2, 0) is 4.74 Å². The highest BCUT2D eigenvalue weighted by molar-refractivity contribution is 5.70. The van der Waals surface area contributed by atoms with Crippen molar-refractivity contribution in [1.29, 1.82) is 5.26 Å². The van der Waals surface area contributed by atoms with Crippen molar-refractivity contribution < 1.29 is 9.53 Å². The second kappa shape index (κ2) is 2.67. The Morgan fingerprint density at radius 3 is 3.00 bits per heavy atom. The molecule has 0 aromatic carbocycles. The average Bonchev–Trinajstić information content (AvgIpc) is 2.79. The van der Waals surface area contributed by atoms with E-state index in [4.69, 9.17) is 10.00 Å². The molecule has 1 aliphatic heterocycles. The first-order valence-electron chi connectivity index (χ1n) is 4.15. The molecule has 12 heavy (non-hydrogen) atoms. The van der Waals surface area contributed by atoms with Gasteiger partial charge in [-0.2, -0.15) is 5.26 Å². The van der Waals surface area contributed by atoms with Crippen molar-refractivity contribution in [3.63, 3.8) is 0 Å². The number of cyclic esters (lactones) is 1. The average molecular weight is 166 g/mol. The third kappa shape index (κ3) is 1.22. The largest absolute Gasteiger partial charge is 0.443 e. The van der Waals surface area contributed by atoms with Gasteiger partial charge in [-0.3, -0.25) is 0 Å². The highest BCUT2D eigenvalue weighted by atomic mass is 16.6. The van der Waals surface area contributed by atoms with Crippen LogP contribution in [0.2, 0.25) is 0 Å². The van der Waals surface area contributed by atoms with E-state index in [9.17, 15) is 4.79 Å². The zero-order valence-electron chi connectivity index (χ0n) is 6.69. The van der Waals surface area contributed by atoms with Crippen LogP contribution < -0.4 is 0 Å². The molecule has 0 N–H and O–H groups in total. The summed E-state index contributed by atoms with van der Waals surface area (Å²) in [6.07, 6.45) is 2.07. The van der Waals surface area contributed by atoms with E-state index in [1.807, 2.05) is 6.07 Å². The van der Waals surface area contributed by atoms with Gasteiger partial charge in [0.05, 0.1) is 19.0 Å². The fourth-order valence-corrected chi connectivity index (χ4v) is 1.43. The lowest BCUT2D eigenvalue weighted by atomic mass is 10.3. The summed E-state index contributed by atoms with van der Waals surface area (Å²) in [5, 5.41) is 8.39. The van der Waals surface area contributed by atoms with Gasteiger partial charge in [0.25, 0.3) is 0 Å². The molecule has 0 aromatic heterocycles. The Hall–Kier alpha value is -1.24. The van der Waals surface area contributed by atoms with Gasteiger partial charge >= 0.3 is 6.09 Å². The summed E-state index contributed by atoms with van der Waals surface area (Å²) in [6.45, 7) is 0.608. The minimum Gasteiger partial charge on any atom is -0.443 e. The second-order valence-corrected chi connectivity index (χ2v) is 3.25. The first-order valence-corrected chi connectivity index (χ1v) is 4.15. The van der Waals surface area contributed by atoms with Crippen molar-refractivity contribution in [3.05, 3.63) is 0 Å². The fraction of sp³-hybridized carbons (Fsp3) is 0.750. The zero-order chi connectivity index (χ0) is 8.55. The SMILES string of the molecule is N#CCC1CN(C2CC2)C(=O)O1. The third-order valence-corrected chi connectivity index (χ3v) is 2.21. The molecule has 0 spiro atoms. The summed E-state index contributed by atoms with van der Waals surface area (Å²) in [5.74, 6) is 0. The molecule has 4 nitrogen and oxygen atoms in total. The molecule has 2 rings (SSSR count). The van der Waals surface area contributed by atoms with Gasteiger partial charge in [0.1, 0.15) is 6.10 Å². The van der Waals surface area contributed by atoms with Crippen LogP contribution in [0.4, 0.5) is 4.79 Å². The smallest absolute Gasteiger partial charge is 0.410 e. The number of amides is 1. The number of nitrogens with zero attached hydrogens (tertiary/aromatic N) is 2. The van der Waals surface area contributed by atoms with Crippen LogP contribution in [0, 0.1) is 11.3 Å². The molecule has 2 aliphatic rings. The number of rotatable bonds is 2. The lowest BCUT2D eigenvalue weighted by molar-refractivity contribution is 0.133. The standard InChI is InChI=1S/C8H10N2O2/c9-4-3-7-5-10(6-1-2-6)8(11)12-7/h6-7H,1-3,5H2. The van der Waals surface area contributed by atoms with Crippen LogP contribution in [0.1, 0.15) is 19.3 Å². The van der Waals surface area contributed by atoms with Gasteiger partial charge in [-0.05, 0) is 12.8 Å². The van der Waals surface area contributed by atoms with Crippen LogP contribution in [0.15, 0.2) is 0 Å². The summed E-state index contributed by atoms with van der Waals surface area (Å²) < 4.78 is 4.98. The molecule has 1 amide bonds. The molecule has 1 saturated carbocycles. The second-order valence-electron chi connectivity index (χ2n) is 3.25. The van der Waals surface area contributed by atoms with Crippen molar-refractivity contribution in [2.75, 3.05) is 6.54 Å². The Morgan fingerprint density at radius 1 is 1.67 bits per heavy atom. The molecule has 1 heterocycles. The lowest BCUT2D eigenvalue weighted by Gasteiger charge is -2.09. The van der Waals surface area contributed by atoms with Crippen molar-refractivity contribution >= 4 is 6.09 Å². The maximum atomic E-state index is 11.1. The number of ether oxygens (including phenoxy) is 1. The minimum absolute atomic E-state index is 0.192. The van der Waals surface area contributed by atoms with Gasteiger partial charge in [0.15, 0.2) is 0 Å². The van der Waals surface area contributed by atoms with E-state index >= 15 is 0 Å². The van der Waals surface area contributed by atoms with E-state index in [1.54, 1.807) is 4.90 Å². The topological polar surface area (TPSA) is 53.3 Å². The summed E-state index contributed by atoms with van der Waals surface area (Å²) in [5.41, 5.74) is 0. The molecule has 1 atom stereocenters. The quantitative estimate of drug-likeness (QED) is 0.612. The van der Waals surface area contributed by atoms with Crippen molar-refractivity contribution in [3.8, 4) is 6.07 Å². The minimum atomic E-state index is -0.238. The van der Waals surface area contributed by atoms with Gasteiger partial charge in [0, 0.05) is 6.04 Å². The molecular weight excluding hydrogens is 156 g/mol. The van der Waals surface area contributed by atoms with E-state index in [2.05, 4.69) is 0 Å². The number of carbonyl (C=O) groups is 1. The predicted octanol–water partition coefficient (Wildman–Crippen LogP) is 0.883. The number of carbonyl (C=O) groups excluding carboxylic acids is 1. The predicted molar refractivity (Wildman–Crippen MR) is 40.2 cm³/mol. The van der Waals surface area contributed by atoms with E-state index in [0.29, 0.717) is 19.0 Å². The summed E-state index contributed by atoms with van der Waals surface area (Å²) in [4.78, 5) is 12.9. The highest BCUT2D eigenvalue weighted by Crippen LogP contribution is 2.30. The van der Waals surface area contributed by atoms with Gasteiger partial charge in [-0.15, -0.1) is 0 Å². The Kier molecular flexibility index (Phi) is 1.65. The van der Waals surface area contributed by atoms with Gasteiger partial charge in [-0.25, -0.2) is 4.79 Å². The summed E-state index contributed by atoms with van der Waals surface area (Å²) in [7, 11) is 0. The monoisotopic (exact) mass is 166 g/mol. The normalized spacial score (nSPS) is 28.4. The molecule has 0 bridgehead atoms. The Balaban J connectivity index is 1.93. The van der Waals surface area contributed by atoms with Gasteiger partial charge in [0.2, 0.25) is 0 Å². The molecule has 4 heteroatoms. The summed E-state index contributed by atoms with van der Waals surface area (Å²) >= 11 is 0. The molecule has 1 unspecified atom stereocenters. The lowest BCUT2D eigenvalue weighted by Crippen LogP contribution is -2.27. The van der Waals surface area contributed by atoms with Crippen LogP contribution in [-0.4, -0.2) is 29.7 Å².